The van der Waals surface area contributed by atoms with Gasteiger partial charge in [0.15, 0.2) is 0 Å². The van der Waals surface area contributed by atoms with E-state index in [-0.39, 0.29) is 30.0 Å². The zero-order valence-corrected chi connectivity index (χ0v) is 15.0. The standard InChI is InChI=1S/C22H28O2/c1-15(17-10-9-16-7-5-6-8-18(16)13-17)19-11-12-22(2,3)21(24-4)20(19)14-23/h5-10,13,19-21,23H,1,11-12,14H2,2-4H3/t19-,20+,21-/m1/s1. The lowest BCUT2D eigenvalue weighted by atomic mass is 9.62. The maximum absolute atomic E-state index is 10.0. The zero-order chi connectivity index (χ0) is 17.3. The van der Waals surface area contributed by atoms with Gasteiger partial charge in [-0.25, -0.2) is 0 Å². The first kappa shape index (κ1) is 17.2. The number of allylic oxidation sites excluding steroid dienone is 1. The molecule has 1 fully saturated rings. The lowest BCUT2D eigenvalue weighted by Gasteiger charge is -2.47. The predicted octanol–water partition coefficient (Wildman–Crippen LogP) is 4.91. The summed E-state index contributed by atoms with van der Waals surface area (Å²) in [5.74, 6) is 0.354. The smallest absolute Gasteiger partial charge is 0.0678 e. The topological polar surface area (TPSA) is 29.5 Å². The molecule has 1 aliphatic rings. The Kier molecular flexibility index (Phi) is 4.80. The van der Waals surface area contributed by atoms with Crippen molar-refractivity contribution in [2.45, 2.75) is 32.8 Å². The van der Waals surface area contributed by atoms with Gasteiger partial charge in [-0.2, -0.15) is 0 Å². The third-order valence-corrected chi connectivity index (χ3v) is 5.81. The Hall–Kier alpha value is -1.64. The third-order valence-electron chi connectivity index (χ3n) is 5.81. The highest BCUT2D eigenvalue weighted by Crippen LogP contribution is 2.47. The molecule has 1 N–H and O–H groups in total. The fourth-order valence-corrected chi connectivity index (χ4v) is 4.43. The molecule has 0 heterocycles. The van der Waals surface area contributed by atoms with Crippen LogP contribution in [0, 0.1) is 17.3 Å². The predicted molar refractivity (Wildman–Crippen MR) is 101 cm³/mol. The summed E-state index contributed by atoms with van der Waals surface area (Å²) in [6.45, 7) is 9.01. The molecule has 1 aliphatic carbocycles. The van der Waals surface area contributed by atoms with E-state index in [9.17, 15) is 5.11 Å². The van der Waals surface area contributed by atoms with Gasteiger partial charge in [0.25, 0.3) is 0 Å². The Labute approximate surface area is 145 Å². The van der Waals surface area contributed by atoms with Crippen LogP contribution in [-0.4, -0.2) is 24.9 Å². The second-order valence-electron chi connectivity index (χ2n) is 7.72. The molecule has 3 rings (SSSR count). The summed E-state index contributed by atoms with van der Waals surface area (Å²) >= 11 is 0. The molecule has 2 aromatic carbocycles. The van der Waals surface area contributed by atoms with Gasteiger partial charge in [0.1, 0.15) is 0 Å². The number of benzene rings is 2. The number of fused-ring (bicyclic) bond motifs is 1. The van der Waals surface area contributed by atoms with Crippen LogP contribution >= 0.6 is 0 Å². The zero-order valence-electron chi connectivity index (χ0n) is 15.0. The van der Waals surface area contributed by atoms with Crippen molar-refractivity contribution in [3.63, 3.8) is 0 Å². The summed E-state index contributed by atoms with van der Waals surface area (Å²) < 4.78 is 5.80. The van der Waals surface area contributed by atoms with Crippen LogP contribution in [0.1, 0.15) is 32.3 Å². The Balaban J connectivity index is 1.92. The van der Waals surface area contributed by atoms with Crippen LogP contribution in [0.5, 0.6) is 0 Å². The summed E-state index contributed by atoms with van der Waals surface area (Å²) in [6, 6.07) is 14.9. The largest absolute Gasteiger partial charge is 0.396 e. The van der Waals surface area contributed by atoms with E-state index >= 15 is 0 Å². The summed E-state index contributed by atoms with van der Waals surface area (Å²) in [5.41, 5.74) is 2.38. The lowest BCUT2D eigenvalue weighted by Crippen LogP contribution is -2.47. The quantitative estimate of drug-likeness (QED) is 0.865. The second kappa shape index (κ2) is 6.70. The monoisotopic (exact) mass is 324 g/mol. The molecule has 24 heavy (non-hydrogen) atoms. The maximum atomic E-state index is 10.0. The Morgan fingerprint density at radius 1 is 1.21 bits per heavy atom. The molecule has 1 saturated carbocycles. The van der Waals surface area contributed by atoms with Crippen molar-refractivity contribution < 1.29 is 9.84 Å². The molecule has 0 spiro atoms. The van der Waals surface area contributed by atoms with Gasteiger partial charge in [0.05, 0.1) is 6.10 Å². The first-order chi connectivity index (χ1) is 11.5. The van der Waals surface area contributed by atoms with Crippen LogP contribution < -0.4 is 0 Å². The van der Waals surface area contributed by atoms with Crippen molar-refractivity contribution >= 4 is 16.3 Å². The number of ether oxygens (including phenoxy) is 1. The SMILES string of the molecule is C=C(c1ccc2ccccc2c1)[C@H]1CCC(C)(C)[C@H](OC)[C@H]1CO. The molecule has 0 bridgehead atoms. The minimum atomic E-state index is 0.0541. The van der Waals surface area contributed by atoms with Crippen LogP contribution in [0.3, 0.4) is 0 Å². The summed E-state index contributed by atoms with van der Waals surface area (Å²) in [5, 5.41) is 12.5. The molecule has 0 saturated heterocycles. The van der Waals surface area contributed by atoms with Gasteiger partial charge in [0.2, 0.25) is 0 Å². The Morgan fingerprint density at radius 2 is 1.92 bits per heavy atom. The van der Waals surface area contributed by atoms with E-state index in [1.807, 2.05) is 0 Å². The molecule has 2 nitrogen and oxygen atoms in total. The van der Waals surface area contributed by atoms with E-state index < -0.39 is 0 Å². The van der Waals surface area contributed by atoms with Crippen molar-refractivity contribution in [1.29, 1.82) is 0 Å². The van der Waals surface area contributed by atoms with E-state index in [1.54, 1.807) is 7.11 Å². The highest BCUT2D eigenvalue weighted by atomic mass is 16.5. The van der Waals surface area contributed by atoms with Crippen LogP contribution in [-0.2, 0) is 4.74 Å². The molecule has 3 atom stereocenters. The van der Waals surface area contributed by atoms with Gasteiger partial charge in [-0.3, -0.25) is 0 Å². The summed E-state index contributed by atoms with van der Waals surface area (Å²) in [4.78, 5) is 0. The number of aliphatic hydroxyl groups excluding tert-OH is 1. The van der Waals surface area contributed by atoms with Gasteiger partial charge in [0, 0.05) is 19.6 Å². The highest BCUT2D eigenvalue weighted by molar-refractivity contribution is 5.86. The van der Waals surface area contributed by atoms with Crippen molar-refractivity contribution in [2.24, 2.45) is 17.3 Å². The van der Waals surface area contributed by atoms with Crippen LogP contribution in [0.25, 0.3) is 16.3 Å². The summed E-state index contributed by atoms with van der Waals surface area (Å²) in [6.07, 6.45) is 2.18. The third kappa shape index (κ3) is 3.01. The molecule has 0 aliphatic heterocycles. The molecular weight excluding hydrogens is 296 g/mol. The van der Waals surface area contributed by atoms with E-state index in [2.05, 4.69) is 62.9 Å². The highest BCUT2D eigenvalue weighted by Gasteiger charge is 2.44. The second-order valence-corrected chi connectivity index (χ2v) is 7.72. The van der Waals surface area contributed by atoms with E-state index in [1.165, 1.54) is 16.3 Å². The van der Waals surface area contributed by atoms with Crippen LogP contribution in [0.15, 0.2) is 49.0 Å². The normalized spacial score (nSPS) is 26.4. The van der Waals surface area contributed by atoms with Gasteiger partial charge >= 0.3 is 0 Å². The average Bonchev–Trinajstić information content (AvgIpc) is 2.59. The van der Waals surface area contributed by atoms with Crippen molar-refractivity contribution in [3.8, 4) is 0 Å². The molecule has 0 aromatic heterocycles. The van der Waals surface area contributed by atoms with Crippen molar-refractivity contribution in [2.75, 3.05) is 13.7 Å². The number of aliphatic hydroxyl groups is 1. The van der Waals surface area contributed by atoms with Gasteiger partial charge in [-0.05, 0) is 52.1 Å². The molecule has 0 unspecified atom stereocenters. The van der Waals surface area contributed by atoms with Crippen molar-refractivity contribution in [3.05, 3.63) is 54.6 Å². The molecule has 2 aromatic rings. The fourth-order valence-electron chi connectivity index (χ4n) is 4.43. The summed E-state index contributed by atoms with van der Waals surface area (Å²) in [7, 11) is 1.76. The van der Waals surface area contributed by atoms with Crippen LogP contribution in [0.4, 0.5) is 0 Å². The molecular formula is C22H28O2. The molecule has 0 amide bonds. The average molecular weight is 324 g/mol. The van der Waals surface area contributed by atoms with Gasteiger partial charge in [-0.1, -0.05) is 56.8 Å². The number of methoxy groups -OCH3 is 1. The maximum Gasteiger partial charge on any atom is 0.0678 e. The Morgan fingerprint density at radius 3 is 2.58 bits per heavy atom. The van der Waals surface area contributed by atoms with Crippen LogP contribution in [0.2, 0.25) is 0 Å². The number of hydrogen-bond acceptors (Lipinski definition) is 2. The molecule has 0 radical (unpaired) electrons. The van der Waals surface area contributed by atoms with E-state index in [4.69, 9.17) is 4.74 Å². The molecule has 128 valence electrons. The molecule has 2 heteroatoms. The van der Waals surface area contributed by atoms with E-state index in [0.717, 1.165) is 18.4 Å². The minimum absolute atomic E-state index is 0.0541. The van der Waals surface area contributed by atoms with Crippen molar-refractivity contribution in [1.82, 2.24) is 0 Å². The number of rotatable bonds is 4. The Bertz CT molecular complexity index is 732. The van der Waals surface area contributed by atoms with E-state index in [0.29, 0.717) is 0 Å². The lowest BCUT2D eigenvalue weighted by molar-refractivity contribution is -0.0894. The van der Waals surface area contributed by atoms with Gasteiger partial charge in [-0.15, -0.1) is 0 Å². The number of hydrogen-bond donors (Lipinski definition) is 1. The first-order valence-electron chi connectivity index (χ1n) is 8.79. The fraction of sp³-hybridized carbons (Fsp3) is 0.455. The minimum Gasteiger partial charge on any atom is -0.396 e. The van der Waals surface area contributed by atoms with Gasteiger partial charge < -0.3 is 9.84 Å². The first-order valence-corrected chi connectivity index (χ1v) is 8.79.